The van der Waals surface area contributed by atoms with Gasteiger partial charge in [-0.2, -0.15) is 0 Å². The van der Waals surface area contributed by atoms with Gasteiger partial charge in [0.15, 0.2) is 0 Å². The first kappa shape index (κ1) is 18.7. The van der Waals surface area contributed by atoms with Gasteiger partial charge in [0.25, 0.3) is 15.9 Å². The number of para-hydroxylation sites is 1. The summed E-state index contributed by atoms with van der Waals surface area (Å²) in [6, 6.07) is 15.7. The van der Waals surface area contributed by atoms with Gasteiger partial charge in [0.1, 0.15) is 0 Å². The first-order valence-electron chi connectivity index (χ1n) is 8.07. The Bertz CT molecular complexity index is 846. The molecule has 2 aromatic carbocycles. The van der Waals surface area contributed by atoms with E-state index in [0.717, 1.165) is 17.4 Å². The summed E-state index contributed by atoms with van der Waals surface area (Å²) in [5, 5.41) is 3.93. The van der Waals surface area contributed by atoms with Gasteiger partial charge >= 0.3 is 0 Å². The van der Waals surface area contributed by atoms with Crippen molar-refractivity contribution in [1.29, 1.82) is 0 Å². The summed E-state index contributed by atoms with van der Waals surface area (Å²) in [6.45, 7) is 3.86. The molecule has 0 aliphatic rings. The van der Waals surface area contributed by atoms with E-state index in [-0.39, 0.29) is 17.6 Å². The molecule has 0 fully saturated rings. The molecule has 1 amide bonds. The fourth-order valence-corrected chi connectivity index (χ4v) is 2.98. The molecule has 25 heavy (non-hydrogen) atoms. The number of carbonyl (C=O) groups excluding carboxylic acids is 1. The minimum absolute atomic E-state index is 0.00939. The van der Waals surface area contributed by atoms with E-state index >= 15 is 0 Å². The lowest BCUT2D eigenvalue weighted by molar-refractivity contribution is 0.0940. The smallest absolute Gasteiger partial charge is 0.255 e. The molecule has 5 nitrogen and oxygen atoms in total. The standard InChI is InChI=1S/C19H22N2O3S/c1-3-15(2)20-19(22)17-11-7-8-12-18(17)21-25(23,24)14-13-16-9-5-4-6-10-16/h4-15,21H,3H2,1-2H3,(H,20,22)/b14-13+/t15-/m0/s1. The third kappa shape index (κ3) is 5.76. The molecule has 0 heterocycles. The van der Waals surface area contributed by atoms with Gasteiger partial charge in [0.05, 0.1) is 16.7 Å². The van der Waals surface area contributed by atoms with Crippen LogP contribution in [0.1, 0.15) is 36.2 Å². The third-order valence-corrected chi connectivity index (χ3v) is 4.65. The van der Waals surface area contributed by atoms with Crippen LogP contribution in [0.2, 0.25) is 0 Å². The second-order valence-electron chi connectivity index (χ2n) is 5.69. The van der Waals surface area contributed by atoms with Crippen LogP contribution in [0, 0.1) is 0 Å². The van der Waals surface area contributed by atoms with Gasteiger partial charge in [-0.3, -0.25) is 9.52 Å². The molecule has 132 valence electrons. The van der Waals surface area contributed by atoms with Gasteiger partial charge in [-0.15, -0.1) is 0 Å². The van der Waals surface area contributed by atoms with E-state index in [0.29, 0.717) is 5.56 Å². The van der Waals surface area contributed by atoms with Crippen molar-refractivity contribution < 1.29 is 13.2 Å². The Morgan fingerprint density at radius 3 is 2.40 bits per heavy atom. The predicted molar refractivity (Wildman–Crippen MR) is 102 cm³/mol. The molecule has 0 aliphatic heterocycles. The van der Waals surface area contributed by atoms with Gasteiger partial charge < -0.3 is 5.32 Å². The zero-order valence-electron chi connectivity index (χ0n) is 14.3. The Labute approximate surface area is 148 Å². The molecule has 0 aromatic heterocycles. The zero-order chi connectivity index (χ0) is 18.3. The van der Waals surface area contributed by atoms with Crippen LogP contribution in [-0.2, 0) is 10.0 Å². The molecule has 2 N–H and O–H groups in total. The van der Waals surface area contributed by atoms with Crippen molar-refractivity contribution in [2.24, 2.45) is 0 Å². The highest BCUT2D eigenvalue weighted by atomic mass is 32.2. The molecule has 0 saturated carbocycles. The molecule has 0 unspecified atom stereocenters. The number of benzene rings is 2. The van der Waals surface area contributed by atoms with E-state index in [9.17, 15) is 13.2 Å². The van der Waals surface area contributed by atoms with Crippen LogP contribution in [0.5, 0.6) is 0 Å². The van der Waals surface area contributed by atoms with E-state index in [1.807, 2.05) is 32.0 Å². The number of hydrogen-bond donors (Lipinski definition) is 2. The normalized spacial score (nSPS) is 12.7. The van der Waals surface area contributed by atoms with Crippen molar-refractivity contribution in [2.75, 3.05) is 4.72 Å². The molecule has 0 aliphatic carbocycles. The quantitative estimate of drug-likeness (QED) is 0.794. The third-order valence-electron chi connectivity index (χ3n) is 3.65. The monoisotopic (exact) mass is 358 g/mol. The Morgan fingerprint density at radius 2 is 1.72 bits per heavy atom. The maximum absolute atomic E-state index is 12.3. The van der Waals surface area contributed by atoms with Crippen LogP contribution < -0.4 is 10.0 Å². The van der Waals surface area contributed by atoms with E-state index in [1.165, 1.54) is 6.08 Å². The van der Waals surface area contributed by atoms with Crippen LogP contribution in [-0.4, -0.2) is 20.4 Å². The summed E-state index contributed by atoms with van der Waals surface area (Å²) in [5.41, 5.74) is 1.32. The lowest BCUT2D eigenvalue weighted by Crippen LogP contribution is -2.32. The second-order valence-corrected chi connectivity index (χ2v) is 7.26. The number of rotatable bonds is 7. The van der Waals surface area contributed by atoms with Crippen molar-refractivity contribution in [1.82, 2.24) is 5.32 Å². The highest BCUT2D eigenvalue weighted by molar-refractivity contribution is 7.95. The predicted octanol–water partition coefficient (Wildman–Crippen LogP) is 3.63. The lowest BCUT2D eigenvalue weighted by Gasteiger charge is -2.14. The van der Waals surface area contributed by atoms with E-state index in [4.69, 9.17) is 0 Å². The first-order valence-corrected chi connectivity index (χ1v) is 9.62. The number of carbonyl (C=O) groups is 1. The highest BCUT2D eigenvalue weighted by Gasteiger charge is 2.15. The Kier molecular flexibility index (Phi) is 6.36. The second kappa shape index (κ2) is 8.48. The van der Waals surface area contributed by atoms with Crippen LogP contribution in [0.15, 0.2) is 60.0 Å². The first-order chi connectivity index (χ1) is 11.9. The number of nitrogens with one attached hydrogen (secondary N) is 2. The fourth-order valence-electron chi connectivity index (χ4n) is 2.09. The highest BCUT2D eigenvalue weighted by Crippen LogP contribution is 2.18. The van der Waals surface area contributed by atoms with Crippen molar-refractivity contribution in [3.05, 3.63) is 71.1 Å². The fraction of sp³-hybridized carbons (Fsp3) is 0.211. The Balaban J connectivity index is 2.19. The average molecular weight is 358 g/mol. The molecule has 0 saturated heterocycles. The van der Waals surface area contributed by atoms with Crippen molar-refractivity contribution in [2.45, 2.75) is 26.3 Å². The van der Waals surface area contributed by atoms with Gasteiger partial charge in [-0.25, -0.2) is 8.42 Å². The minimum atomic E-state index is -3.73. The van der Waals surface area contributed by atoms with Gasteiger partial charge in [-0.05, 0) is 37.1 Å². The molecule has 6 heteroatoms. The molecule has 2 aromatic rings. The summed E-state index contributed by atoms with van der Waals surface area (Å²) < 4.78 is 27.0. The summed E-state index contributed by atoms with van der Waals surface area (Å²) in [5.74, 6) is -0.306. The molecular weight excluding hydrogens is 336 g/mol. The van der Waals surface area contributed by atoms with Crippen LogP contribution in [0.3, 0.4) is 0 Å². The lowest BCUT2D eigenvalue weighted by atomic mass is 10.1. The summed E-state index contributed by atoms with van der Waals surface area (Å²) in [6.07, 6.45) is 2.30. The van der Waals surface area contributed by atoms with E-state index in [2.05, 4.69) is 10.0 Å². The largest absolute Gasteiger partial charge is 0.350 e. The SMILES string of the molecule is CC[C@H](C)NC(=O)c1ccccc1NS(=O)(=O)/C=C/c1ccccc1. The minimum Gasteiger partial charge on any atom is -0.350 e. The molecular formula is C19H22N2O3S. The average Bonchev–Trinajstić information content (AvgIpc) is 2.61. The zero-order valence-corrected chi connectivity index (χ0v) is 15.1. The maximum atomic E-state index is 12.3. The van der Waals surface area contributed by atoms with Crippen LogP contribution >= 0.6 is 0 Å². The van der Waals surface area contributed by atoms with E-state index in [1.54, 1.807) is 36.4 Å². The molecule has 1 atom stereocenters. The summed E-state index contributed by atoms with van der Waals surface area (Å²) in [4.78, 5) is 12.3. The number of amides is 1. The Morgan fingerprint density at radius 1 is 1.08 bits per heavy atom. The maximum Gasteiger partial charge on any atom is 0.255 e. The van der Waals surface area contributed by atoms with Gasteiger partial charge in [-0.1, -0.05) is 49.4 Å². The molecule has 2 rings (SSSR count). The number of hydrogen-bond acceptors (Lipinski definition) is 3. The molecule has 0 radical (unpaired) electrons. The van der Waals surface area contributed by atoms with Crippen molar-refractivity contribution >= 4 is 27.7 Å². The van der Waals surface area contributed by atoms with Crippen molar-refractivity contribution in [3.63, 3.8) is 0 Å². The van der Waals surface area contributed by atoms with Gasteiger partial charge in [0.2, 0.25) is 0 Å². The van der Waals surface area contributed by atoms with E-state index < -0.39 is 10.0 Å². The topological polar surface area (TPSA) is 75.3 Å². The number of anilines is 1. The molecule has 0 spiro atoms. The number of sulfonamides is 1. The summed E-state index contributed by atoms with van der Waals surface area (Å²) in [7, 11) is -3.73. The van der Waals surface area contributed by atoms with Crippen LogP contribution in [0.25, 0.3) is 6.08 Å². The summed E-state index contributed by atoms with van der Waals surface area (Å²) >= 11 is 0. The molecule has 0 bridgehead atoms. The van der Waals surface area contributed by atoms with Gasteiger partial charge in [0, 0.05) is 6.04 Å². The van der Waals surface area contributed by atoms with Crippen LogP contribution in [0.4, 0.5) is 5.69 Å². The van der Waals surface area contributed by atoms with Crippen molar-refractivity contribution in [3.8, 4) is 0 Å². The Hall–Kier alpha value is -2.60.